The molecule has 0 aliphatic carbocycles. The molecule has 0 saturated heterocycles. The van der Waals surface area contributed by atoms with Gasteiger partial charge >= 0.3 is 0 Å². The second-order valence-corrected chi connectivity index (χ2v) is 7.56. The Kier molecular flexibility index (Phi) is 5.84. The fourth-order valence-electron chi connectivity index (χ4n) is 3.38. The zero-order valence-corrected chi connectivity index (χ0v) is 17.4. The van der Waals surface area contributed by atoms with Crippen LogP contribution < -0.4 is 4.74 Å². The van der Waals surface area contributed by atoms with Gasteiger partial charge in [0.05, 0.1) is 16.7 Å². The monoisotopic (exact) mass is 409 g/mol. The molecule has 3 heteroatoms. The van der Waals surface area contributed by atoms with Crippen molar-refractivity contribution in [1.29, 1.82) is 5.26 Å². The highest BCUT2D eigenvalue weighted by molar-refractivity contribution is 6.32. The molecule has 0 spiro atoms. The quantitative estimate of drug-likeness (QED) is 0.253. The van der Waals surface area contributed by atoms with Crippen LogP contribution in [0.25, 0.3) is 22.4 Å². The molecule has 0 aromatic heterocycles. The summed E-state index contributed by atoms with van der Waals surface area (Å²) >= 11 is 6.47. The molecule has 0 unspecified atom stereocenters. The van der Waals surface area contributed by atoms with E-state index >= 15 is 0 Å². The summed E-state index contributed by atoms with van der Waals surface area (Å²) in [6, 6.07) is 30.2. The van der Waals surface area contributed by atoms with Gasteiger partial charge in [-0.3, -0.25) is 0 Å². The molecular weight excluding hydrogens is 390 g/mol. The fourth-order valence-corrected chi connectivity index (χ4v) is 3.62. The van der Waals surface area contributed by atoms with Crippen molar-refractivity contribution in [3.8, 4) is 11.8 Å². The lowest BCUT2D eigenvalue weighted by Crippen LogP contribution is -1.97. The first kappa shape index (κ1) is 19.8. The highest BCUT2D eigenvalue weighted by Gasteiger charge is 2.07. The Morgan fingerprint density at radius 3 is 2.50 bits per heavy atom. The van der Waals surface area contributed by atoms with E-state index in [0.29, 0.717) is 23.0 Å². The summed E-state index contributed by atoms with van der Waals surface area (Å²) in [7, 11) is 0. The van der Waals surface area contributed by atoms with E-state index in [0.717, 1.165) is 22.3 Å². The van der Waals surface area contributed by atoms with Crippen LogP contribution in [0.2, 0.25) is 5.02 Å². The van der Waals surface area contributed by atoms with Crippen LogP contribution in [-0.4, -0.2) is 0 Å². The third-order valence-electron chi connectivity index (χ3n) is 5.01. The fraction of sp³-hybridized carbons (Fsp3) is 0.0741. The molecule has 0 radical (unpaired) electrons. The molecule has 0 aliphatic heterocycles. The normalized spacial score (nSPS) is 11.3. The highest BCUT2D eigenvalue weighted by Crippen LogP contribution is 2.29. The Bertz CT molecular complexity index is 1260. The maximum atomic E-state index is 9.55. The summed E-state index contributed by atoms with van der Waals surface area (Å²) < 4.78 is 6.00. The molecule has 0 heterocycles. The molecule has 0 atom stereocenters. The lowest BCUT2D eigenvalue weighted by molar-refractivity contribution is 0.308. The van der Waals surface area contributed by atoms with E-state index in [4.69, 9.17) is 16.3 Å². The minimum absolute atomic E-state index is 0.434. The molecule has 4 aromatic rings. The predicted molar refractivity (Wildman–Crippen MR) is 124 cm³/mol. The first-order chi connectivity index (χ1) is 14.6. The molecule has 0 N–H and O–H groups in total. The number of benzene rings is 4. The second kappa shape index (κ2) is 8.86. The van der Waals surface area contributed by atoms with Crippen molar-refractivity contribution >= 4 is 34.0 Å². The Balaban J connectivity index is 1.54. The average Bonchev–Trinajstić information content (AvgIpc) is 2.77. The Morgan fingerprint density at radius 2 is 1.73 bits per heavy atom. The number of halogens is 1. The molecule has 146 valence electrons. The molecule has 2 nitrogen and oxygen atoms in total. The van der Waals surface area contributed by atoms with Crippen molar-refractivity contribution < 1.29 is 4.74 Å². The number of ether oxygens (including phenoxy) is 1. The predicted octanol–water partition coefficient (Wildman–Crippen LogP) is 7.44. The largest absolute Gasteiger partial charge is 0.487 e. The number of hydrogen-bond acceptors (Lipinski definition) is 2. The van der Waals surface area contributed by atoms with Crippen molar-refractivity contribution in [3.63, 3.8) is 0 Å². The first-order valence-electron chi connectivity index (χ1n) is 9.72. The van der Waals surface area contributed by atoms with Crippen molar-refractivity contribution in [2.75, 3.05) is 0 Å². The van der Waals surface area contributed by atoms with Gasteiger partial charge in [0, 0.05) is 0 Å². The molecule has 4 aromatic carbocycles. The van der Waals surface area contributed by atoms with E-state index in [1.165, 1.54) is 10.8 Å². The summed E-state index contributed by atoms with van der Waals surface area (Å²) in [6.45, 7) is 2.46. The van der Waals surface area contributed by atoms with Gasteiger partial charge < -0.3 is 4.74 Å². The number of aryl methyl sites for hydroxylation is 1. The minimum Gasteiger partial charge on any atom is -0.487 e. The van der Waals surface area contributed by atoms with Gasteiger partial charge in [-0.25, -0.2) is 0 Å². The lowest BCUT2D eigenvalue weighted by Gasteiger charge is -2.11. The molecule has 0 fully saturated rings. The van der Waals surface area contributed by atoms with E-state index in [9.17, 15) is 5.26 Å². The number of rotatable bonds is 5. The second-order valence-electron chi connectivity index (χ2n) is 7.15. The van der Waals surface area contributed by atoms with Gasteiger partial charge in [-0.05, 0) is 52.6 Å². The first-order valence-corrected chi connectivity index (χ1v) is 10.1. The Morgan fingerprint density at radius 1 is 0.967 bits per heavy atom. The van der Waals surface area contributed by atoms with Gasteiger partial charge in [0.1, 0.15) is 12.4 Å². The molecule has 4 rings (SSSR count). The molecular formula is C27H20ClNO. The summed E-state index contributed by atoms with van der Waals surface area (Å²) in [4.78, 5) is 0. The number of nitriles is 1. The van der Waals surface area contributed by atoms with Crippen molar-refractivity contribution in [2.24, 2.45) is 0 Å². The summed E-state index contributed by atoms with van der Waals surface area (Å²) in [6.07, 6.45) is 1.84. The number of fused-ring (bicyclic) bond motifs is 1. The van der Waals surface area contributed by atoms with E-state index in [1.807, 2.05) is 73.7 Å². The molecule has 0 aliphatic rings. The van der Waals surface area contributed by atoms with E-state index in [2.05, 4.69) is 30.3 Å². The van der Waals surface area contributed by atoms with Crippen LogP contribution in [0.3, 0.4) is 0 Å². The topological polar surface area (TPSA) is 33.0 Å². The minimum atomic E-state index is 0.434. The van der Waals surface area contributed by atoms with E-state index in [1.54, 1.807) is 0 Å². The summed E-state index contributed by atoms with van der Waals surface area (Å²) in [5.41, 5.74) is 4.60. The number of allylic oxidation sites excluding steroid dienone is 1. The Hall–Kier alpha value is -3.54. The van der Waals surface area contributed by atoms with Gasteiger partial charge in [0.25, 0.3) is 0 Å². The van der Waals surface area contributed by atoms with Gasteiger partial charge in [-0.1, -0.05) is 90.0 Å². The van der Waals surface area contributed by atoms with Gasteiger partial charge in [-0.2, -0.15) is 5.26 Å². The Labute approximate surface area is 181 Å². The van der Waals surface area contributed by atoms with Crippen LogP contribution in [0, 0.1) is 18.3 Å². The van der Waals surface area contributed by atoms with Crippen LogP contribution >= 0.6 is 11.6 Å². The number of hydrogen-bond donors (Lipinski definition) is 0. The summed E-state index contributed by atoms with van der Waals surface area (Å²) in [5, 5.41) is 12.4. The smallest absolute Gasteiger partial charge is 0.138 e. The van der Waals surface area contributed by atoms with Gasteiger partial charge in [-0.15, -0.1) is 0 Å². The van der Waals surface area contributed by atoms with Crippen LogP contribution in [-0.2, 0) is 6.61 Å². The zero-order valence-electron chi connectivity index (χ0n) is 16.6. The molecule has 0 bridgehead atoms. The van der Waals surface area contributed by atoms with Crippen molar-refractivity contribution in [2.45, 2.75) is 13.5 Å². The standard InChI is InChI=1S/C27H20ClNO/c1-19-9-12-21(13-10-19)24(17-29)15-20-11-14-27(26(28)16-20)30-18-23-7-4-6-22-5-2-3-8-25(22)23/h2-16H,18H2,1H3/b24-15+. The van der Waals surface area contributed by atoms with Crippen molar-refractivity contribution in [1.82, 2.24) is 0 Å². The molecule has 30 heavy (non-hydrogen) atoms. The number of nitrogens with zero attached hydrogens (tertiary/aromatic N) is 1. The average molecular weight is 410 g/mol. The maximum absolute atomic E-state index is 9.55. The zero-order chi connectivity index (χ0) is 20.9. The molecule has 0 amide bonds. The van der Waals surface area contributed by atoms with E-state index in [-0.39, 0.29) is 0 Å². The van der Waals surface area contributed by atoms with E-state index < -0.39 is 0 Å². The SMILES string of the molecule is Cc1ccc(/C(C#N)=C/c2ccc(OCc3cccc4ccccc34)c(Cl)c2)cc1. The summed E-state index contributed by atoms with van der Waals surface area (Å²) in [5.74, 6) is 0.621. The maximum Gasteiger partial charge on any atom is 0.138 e. The van der Waals surface area contributed by atoms with Crippen LogP contribution in [0.1, 0.15) is 22.3 Å². The third-order valence-corrected chi connectivity index (χ3v) is 5.31. The van der Waals surface area contributed by atoms with Gasteiger partial charge in [0.2, 0.25) is 0 Å². The highest BCUT2D eigenvalue weighted by atomic mass is 35.5. The van der Waals surface area contributed by atoms with Crippen LogP contribution in [0.15, 0.2) is 84.9 Å². The van der Waals surface area contributed by atoms with Crippen molar-refractivity contribution in [3.05, 3.63) is 112 Å². The lowest BCUT2D eigenvalue weighted by atomic mass is 10.0. The van der Waals surface area contributed by atoms with Gasteiger partial charge in [0.15, 0.2) is 0 Å². The third kappa shape index (κ3) is 4.38. The van der Waals surface area contributed by atoms with Crippen LogP contribution in [0.4, 0.5) is 0 Å². The van der Waals surface area contributed by atoms with Crippen LogP contribution in [0.5, 0.6) is 5.75 Å². The molecule has 0 saturated carbocycles.